The molecule has 2 aromatic rings. The summed E-state index contributed by atoms with van der Waals surface area (Å²) in [5.74, 6) is 0.803. The largest absolute Gasteiger partial charge is 0.399 e. The van der Waals surface area contributed by atoms with Crippen LogP contribution < -0.4 is 5.73 Å². The van der Waals surface area contributed by atoms with E-state index in [2.05, 4.69) is 10.1 Å². The average molecular weight is 282 g/mol. The summed E-state index contributed by atoms with van der Waals surface area (Å²) < 4.78 is 16.0. The second kappa shape index (κ2) is 5.16. The van der Waals surface area contributed by atoms with E-state index < -0.39 is 0 Å². The van der Waals surface area contributed by atoms with E-state index in [0.717, 1.165) is 0 Å². The number of nitrogens with two attached hydrogens (primary N) is 1. The molecular weight excluding hydrogens is 270 g/mol. The molecule has 1 atom stereocenters. The minimum atomic E-state index is -0.293. The van der Waals surface area contributed by atoms with Gasteiger partial charge >= 0.3 is 0 Å². The van der Waals surface area contributed by atoms with Gasteiger partial charge in [-0.2, -0.15) is 4.98 Å². The molecule has 7 heteroatoms. The van der Waals surface area contributed by atoms with Crippen LogP contribution in [0.15, 0.2) is 22.7 Å². The number of ether oxygens (including phenoxy) is 2. The Morgan fingerprint density at radius 3 is 2.95 bits per heavy atom. The first-order valence-electron chi connectivity index (χ1n) is 5.82. The van der Waals surface area contributed by atoms with Gasteiger partial charge in [0.2, 0.25) is 5.82 Å². The van der Waals surface area contributed by atoms with Gasteiger partial charge in [0.25, 0.3) is 5.89 Å². The number of hydrogen-bond donors (Lipinski definition) is 1. The molecular formula is C12H12ClN3O3. The Labute approximate surface area is 114 Å². The number of halogens is 1. The normalized spacial score (nSPS) is 19.5. The minimum Gasteiger partial charge on any atom is -0.399 e. The molecule has 6 nitrogen and oxygen atoms in total. The molecule has 1 unspecified atom stereocenters. The molecule has 1 aliphatic heterocycles. The van der Waals surface area contributed by atoms with Crippen LogP contribution in [0, 0.1) is 0 Å². The lowest BCUT2D eigenvalue weighted by molar-refractivity contribution is -0.0941. The van der Waals surface area contributed by atoms with Crippen LogP contribution in [0.25, 0.3) is 11.5 Å². The van der Waals surface area contributed by atoms with Gasteiger partial charge in [0.1, 0.15) is 6.10 Å². The molecule has 0 bridgehead atoms. The maximum atomic E-state index is 6.10. The number of nitrogens with zero attached hydrogens (tertiary/aromatic N) is 2. The van der Waals surface area contributed by atoms with Crippen LogP contribution in [0.5, 0.6) is 0 Å². The van der Waals surface area contributed by atoms with Crippen molar-refractivity contribution < 1.29 is 14.0 Å². The van der Waals surface area contributed by atoms with E-state index in [4.69, 9.17) is 31.3 Å². The van der Waals surface area contributed by atoms with E-state index in [1.807, 2.05) is 0 Å². The molecule has 2 heterocycles. The molecule has 0 saturated carbocycles. The summed E-state index contributed by atoms with van der Waals surface area (Å²) in [5.41, 5.74) is 6.87. The second-order valence-electron chi connectivity index (χ2n) is 4.13. The Balaban J connectivity index is 1.87. The third-order valence-corrected chi connectivity index (χ3v) is 3.08. The van der Waals surface area contributed by atoms with E-state index in [1.54, 1.807) is 18.2 Å². The predicted octanol–water partition coefficient (Wildman–Crippen LogP) is 2.06. The fourth-order valence-corrected chi connectivity index (χ4v) is 2.09. The van der Waals surface area contributed by atoms with Gasteiger partial charge in [-0.05, 0) is 18.2 Å². The molecule has 1 saturated heterocycles. The highest BCUT2D eigenvalue weighted by Crippen LogP contribution is 2.29. The molecule has 1 aromatic heterocycles. The summed E-state index contributed by atoms with van der Waals surface area (Å²) in [5, 5.41) is 4.37. The SMILES string of the molecule is Nc1ccc(-c2nc(C3COCCO3)no2)c(Cl)c1. The first-order valence-corrected chi connectivity index (χ1v) is 6.20. The highest BCUT2D eigenvalue weighted by molar-refractivity contribution is 6.33. The van der Waals surface area contributed by atoms with Gasteiger partial charge in [-0.3, -0.25) is 0 Å². The molecule has 0 spiro atoms. The lowest BCUT2D eigenvalue weighted by Crippen LogP contribution is -2.22. The lowest BCUT2D eigenvalue weighted by Gasteiger charge is -2.19. The van der Waals surface area contributed by atoms with E-state index in [-0.39, 0.29) is 6.10 Å². The van der Waals surface area contributed by atoms with Gasteiger partial charge in [0.15, 0.2) is 0 Å². The lowest BCUT2D eigenvalue weighted by atomic mass is 10.2. The zero-order chi connectivity index (χ0) is 13.2. The summed E-state index contributed by atoms with van der Waals surface area (Å²) >= 11 is 6.10. The molecule has 1 aromatic carbocycles. The van der Waals surface area contributed by atoms with Gasteiger partial charge in [-0.15, -0.1) is 0 Å². The molecule has 0 aliphatic carbocycles. The van der Waals surface area contributed by atoms with E-state index in [1.165, 1.54) is 0 Å². The first-order chi connectivity index (χ1) is 9.24. The van der Waals surface area contributed by atoms with Crippen molar-refractivity contribution in [3.63, 3.8) is 0 Å². The molecule has 0 amide bonds. The number of rotatable bonds is 2. The van der Waals surface area contributed by atoms with Gasteiger partial charge in [-0.1, -0.05) is 16.8 Å². The van der Waals surface area contributed by atoms with Crippen molar-refractivity contribution in [2.75, 3.05) is 25.6 Å². The Morgan fingerprint density at radius 2 is 2.21 bits per heavy atom. The Hall–Kier alpha value is -1.63. The highest BCUT2D eigenvalue weighted by atomic mass is 35.5. The van der Waals surface area contributed by atoms with E-state index in [0.29, 0.717) is 47.8 Å². The summed E-state index contributed by atoms with van der Waals surface area (Å²) in [7, 11) is 0. The second-order valence-corrected chi connectivity index (χ2v) is 4.54. The summed E-state index contributed by atoms with van der Waals surface area (Å²) in [6.07, 6.45) is -0.293. The van der Waals surface area contributed by atoms with Crippen LogP contribution in [-0.2, 0) is 9.47 Å². The average Bonchev–Trinajstić information content (AvgIpc) is 2.89. The summed E-state index contributed by atoms with van der Waals surface area (Å²) in [4.78, 5) is 4.29. The van der Waals surface area contributed by atoms with Crippen LogP contribution in [0.4, 0.5) is 5.69 Å². The zero-order valence-electron chi connectivity index (χ0n) is 10.0. The number of anilines is 1. The van der Waals surface area contributed by atoms with Crippen molar-refractivity contribution in [2.45, 2.75) is 6.10 Å². The predicted molar refractivity (Wildman–Crippen MR) is 68.7 cm³/mol. The Bertz CT molecular complexity index is 581. The van der Waals surface area contributed by atoms with Crippen molar-refractivity contribution in [1.29, 1.82) is 0 Å². The fraction of sp³-hybridized carbons (Fsp3) is 0.333. The molecule has 0 radical (unpaired) electrons. The molecule has 3 rings (SSSR count). The van der Waals surface area contributed by atoms with E-state index in [9.17, 15) is 0 Å². The van der Waals surface area contributed by atoms with Crippen LogP contribution in [0.3, 0.4) is 0 Å². The topological polar surface area (TPSA) is 83.4 Å². The van der Waals surface area contributed by atoms with Gasteiger partial charge in [-0.25, -0.2) is 0 Å². The number of benzene rings is 1. The summed E-state index contributed by atoms with van der Waals surface area (Å²) in [6, 6.07) is 5.11. The van der Waals surface area contributed by atoms with Gasteiger partial charge in [0.05, 0.1) is 30.4 Å². The molecule has 1 aliphatic rings. The number of nitrogen functional groups attached to an aromatic ring is 1. The van der Waals surface area contributed by atoms with Gasteiger partial charge in [0, 0.05) is 5.69 Å². The third kappa shape index (κ3) is 2.56. The maximum Gasteiger partial charge on any atom is 0.259 e. The monoisotopic (exact) mass is 281 g/mol. The molecule has 2 N–H and O–H groups in total. The Kier molecular flexibility index (Phi) is 3.37. The van der Waals surface area contributed by atoms with Gasteiger partial charge < -0.3 is 19.7 Å². The zero-order valence-corrected chi connectivity index (χ0v) is 10.8. The van der Waals surface area contributed by atoms with Crippen LogP contribution in [-0.4, -0.2) is 30.0 Å². The van der Waals surface area contributed by atoms with Crippen molar-refractivity contribution >= 4 is 17.3 Å². The number of aromatic nitrogens is 2. The third-order valence-electron chi connectivity index (χ3n) is 2.77. The standard InChI is InChI=1S/C12H12ClN3O3/c13-9-5-7(14)1-2-8(9)12-15-11(16-19-12)10-6-17-3-4-18-10/h1-2,5,10H,3-4,6,14H2. The van der Waals surface area contributed by atoms with Crippen LogP contribution in [0.2, 0.25) is 5.02 Å². The Morgan fingerprint density at radius 1 is 1.32 bits per heavy atom. The molecule has 100 valence electrons. The maximum absolute atomic E-state index is 6.10. The van der Waals surface area contributed by atoms with Crippen LogP contribution >= 0.6 is 11.6 Å². The summed E-state index contributed by atoms with van der Waals surface area (Å²) in [6.45, 7) is 1.54. The van der Waals surface area contributed by atoms with Crippen molar-refractivity contribution in [3.05, 3.63) is 29.0 Å². The minimum absolute atomic E-state index is 0.293. The van der Waals surface area contributed by atoms with Crippen molar-refractivity contribution in [3.8, 4) is 11.5 Å². The first kappa shape index (κ1) is 12.4. The van der Waals surface area contributed by atoms with Crippen molar-refractivity contribution in [2.24, 2.45) is 0 Å². The van der Waals surface area contributed by atoms with E-state index >= 15 is 0 Å². The van der Waals surface area contributed by atoms with Crippen LogP contribution in [0.1, 0.15) is 11.9 Å². The van der Waals surface area contributed by atoms with Crippen molar-refractivity contribution in [1.82, 2.24) is 10.1 Å². The molecule has 19 heavy (non-hydrogen) atoms. The quantitative estimate of drug-likeness (QED) is 0.848. The fourth-order valence-electron chi connectivity index (χ4n) is 1.82. The smallest absolute Gasteiger partial charge is 0.259 e. The molecule has 1 fully saturated rings. The highest BCUT2D eigenvalue weighted by Gasteiger charge is 2.23. The number of hydrogen-bond acceptors (Lipinski definition) is 6.